The van der Waals surface area contributed by atoms with Crippen molar-refractivity contribution >= 4 is 69.9 Å². The largest absolute Gasteiger partial charge is 0.497 e. The van der Waals surface area contributed by atoms with Crippen molar-refractivity contribution in [1.82, 2.24) is 26.3 Å². The summed E-state index contributed by atoms with van der Waals surface area (Å²) in [6.07, 6.45) is 3.00. The number of carbonyl (C=O) groups excluding carboxylic acids is 3. The fourth-order valence-corrected chi connectivity index (χ4v) is 6.07. The number of carbonyl (C=O) groups is 3. The fourth-order valence-electron chi connectivity index (χ4n) is 5.69. The van der Waals surface area contributed by atoms with Crippen LogP contribution in [0.1, 0.15) is 23.6 Å². The van der Waals surface area contributed by atoms with E-state index in [0.29, 0.717) is 49.8 Å². The quantitative estimate of drug-likeness (QED) is 0.0356. The number of esters is 1. The van der Waals surface area contributed by atoms with Crippen LogP contribution in [0.5, 0.6) is 11.5 Å². The summed E-state index contributed by atoms with van der Waals surface area (Å²) in [5.41, 5.74) is 6.23. The third-order valence-electron chi connectivity index (χ3n) is 8.56. The van der Waals surface area contributed by atoms with Crippen LogP contribution in [0, 0.1) is 0 Å². The van der Waals surface area contributed by atoms with E-state index in [1.165, 1.54) is 6.08 Å². The first-order valence-electron chi connectivity index (χ1n) is 18.6. The van der Waals surface area contributed by atoms with Gasteiger partial charge in [0.25, 0.3) is 0 Å². The van der Waals surface area contributed by atoms with Gasteiger partial charge >= 0.3 is 5.97 Å². The van der Waals surface area contributed by atoms with Gasteiger partial charge in [0.2, 0.25) is 11.8 Å². The monoisotopic (exact) mass is 831 g/mol. The number of benzene rings is 4. The van der Waals surface area contributed by atoms with Crippen LogP contribution in [0.15, 0.2) is 115 Å². The fraction of sp³-hybridized carbons (Fsp3) is 0.182. The molecule has 0 bridgehead atoms. The molecule has 0 atom stereocenters. The number of aromatic nitrogens is 1. The summed E-state index contributed by atoms with van der Waals surface area (Å²) in [4.78, 5) is 43.5. The lowest BCUT2D eigenvalue weighted by Crippen LogP contribution is -2.38. The van der Waals surface area contributed by atoms with E-state index in [9.17, 15) is 14.4 Å². The molecule has 0 saturated carbocycles. The minimum atomic E-state index is -0.493. The van der Waals surface area contributed by atoms with Gasteiger partial charge in [-0.2, -0.15) is 0 Å². The van der Waals surface area contributed by atoms with Gasteiger partial charge in [-0.25, -0.2) is 9.78 Å². The molecule has 5 rings (SSSR count). The number of pyridine rings is 1. The SMILES string of the molecule is CCOC(=O)/C=C/c1cc(-c2ccc(OC)cc2CNC(=O)CNC(=S)Nc2ccccc2)nc(-c2ccc(OC)cc2CNC(=O)CNC(=S)Nc2ccccc2)c1. The van der Waals surface area contributed by atoms with Gasteiger partial charge in [-0.05, 0) is 127 Å². The van der Waals surface area contributed by atoms with Crippen LogP contribution >= 0.6 is 24.4 Å². The second-order valence-corrected chi connectivity index (χ2v) is 13.5. The van der Waals surface area contributed by atoms with Crippen molar-refractivity contribution in [3.8, 4) is 34.0 Å². The van der Waals surface area contributed by atoms with E-state index in [-0.39, 0.29) is 44.6 Å². The molecule has 1 aromatic heterocycles. The molecule has 5 aromatic rings. The maximum Gasteiger partial charge on any atom is 0.330 e. The number of nitrogens with zero attached hydrogens (tertiary/aromatic N) is 1. The van der Waals surface area contributed by atoms with E-state index < -0.39 is 5.97 Å². The number of para-hydroxylation sites is 2. The Morgan fingerprint density at radius 2 is 1.08 bits per heavy atom. The first kappa shape index (κ1) is 43.3. The van der Waals surface area contributed by atoms with Crippen molar-refractivity contribution in [3.05, 3.63) is 132 Å². The third kappa shape index (κ3) is 13.7. The number of nitrogens with one attached hydrogen (secondary N) is 6. The van der Waals surface area contributed by atoms with E-state index in [4.69, 9.17) is 43.6 Å². The Hall–Kier alpha value is -6.84. The van der Waals surface area contributed by atoms with E-state index in [1.807, 2.05) is 109 Å². The Kier molecular flexibility index (Phi) is 16.3. The van der Waals surface area contributed by atoms with Gasteiger partial charge in [0.1, 0.15) is 11.5 Å². The molecule has 4 aromatic carbocycles. The summed E-state index contributed by atoms with van der Waals surface area (Å²) in [5.74, 6) is 0.104. The maximum atomic E-state index is 13.0. The highest BCUT2D eigenvalue weighted by Gasteiger charge is 2.16. The van der Waals surface area contributed by atoms with Crippen molar-refractivity contribution in [2.24, 2.45) is 0 Å². The Morgan fingerprint density at radius 3 is 1.51 bits per heavy atom. The van der Waals surface area contributed by atoms with Crippen molar-refractivity contribution in [1.29, 1.82) is 0 Å². The van der Waals surface area contributed by atoms with Crippen LogP contribution in [0.25, 0.3) is 28.6 Å². The molecule has 0 aliphatic heterocycles. The number of hydrogen-bond donors (Lipinski definition) is 6. The van der Waals surface area contributed by atoms with Crippen molar-refractivity contribution in [3.63, 3.8) is 0 Å². The summed E-state index contributed by atoms with van der Waals surface area (Å²) in [5, 5.41) is 18.5. The van der Waals surface area contributed by atoms with E-state index in [1.54, 1.807) is 27.2 Å². The Morgan fingerprint density at radius 1 is 0.627 bits per heavy atom. The summed E-state index contributed by atoms with van der Waals surface area (Å²) >= 11 is 10.7. The average Bonchev–Trinajstić information content (AvgIpc) is 3.26. The molecule has 0 aliphatic rings. The molecule has 0 saturated heterocycles. The molecule has 0 fully saturated rings. The molecule has 304 valence electrons. The average molecular weight is 832 g/mol. The molecule has 0 radical (unpaired) electrons. The minimum absolute atomic E-state index is 0.0569. The molecule has 1 heterocycles. The van der Waals surface area contributed by atoms with Crippen LogP contribution in [0.2, 0.25) is 0 Å². The smallest absolute Gasteiger partial charge is 0.330 e. The van der Waals surface area contributed by atoms with Gasteiger partial charge in [-0.3, -0.25) is 9.59 Å². The predicted molar refractivity (Wildman–Crippen MR) is 239 cm³/mol. The predicted octanol–water partition coefficient (Wildman–Crippen LogP) is 6.21. The van der Waals surface area contributed by atoms with Crippen LogP contribution in [0.3, 0.4) is 0 Å². The second kappa shape index (κ2) is 22.2. The first-order chi connectivity index (χ1) is 28.6. The van der Waals surface area contributed by atoms with Crippen molar-refractivity contribution in [2.45, 2.75) is 20.0 Å². The van der Waals surface area contributed by atoms with Crippen molar-refractivity contribution < 1.29 is 28.6 Å². The summed E-state index contributed by atoms with van der Waals surface area (Å²) in [6.45, 7) is 2.14. The molecule has 15 heteroatoms. The molecule has 13 nitrogen and oxygen atoms in total. The van der Waals surface area contributed by atoms with Crippen LogP contribution in [-0.2, 0) is 32.2 Å². The normalized spacial score (nSPS) is 10.6. The Balaban J connectivity index is 1.39. The van der Waals surface area contributed by atoms with Gasteiger partial charge in [-0.15, -0.1) is 0 Å². The maximum absolute atomic E-state index is 13.0. The first-order valence-corrected chi connectivity index (χ1v) is 19.4. The van der Waals surface area contributed by atoms with Gasteiger partial charge in [-0.1, -0.05) is 36.4 Å². The second-order valence-electron chi connectivity index (χ2n) is 12.7. The number of ether oxygens (including phenoxy) is 3. The lowest BCUT2D eigenvalue weighted by molar-refractivity contribution is -0.137. The summed E-state index contributed by atoms with van der Waals surface area (Å²) in [6, 6.07) is 33.5. The Labute approximate surface area is 354 Å². The van der Waals surface area contributed by atoms with Gasteiger partial charge in [0.05, 0.1) is 45.3 Å². The molecule has 0 spiro atoms. The van der Waals surface area contributed by atoms with Gasteiger partial charge in [0, 0.05) is 41.7 Å². The van der Waals surface area contributed by atoms with Crippen LogP contribution < -0.4 is 41.4 Å². The Bertz CT molecular complexity index is 2150. The van der Waals surface area contributed by atoms with Gasteiger partial charge < -0.3 is 46.1 Å². The van der Waals surface area contributed by atoms with Crippen molar-refractivity contribution in [2.75, 3.05) is 44.5 Å². The highest BCUT2D eigenvalue weighted by Crippen LogP contribution is 2.32. The molecule has 0 unspecified atom stereocenters. The van der Waals surface area contributed by atoms with Crippen LogP contribution in [-0.4, -0.2) is 66.9 Å². The lowest BCUT2D eigenvalue weighted by Gasteiger charge is -2.17. The number of thiocarbonyl (C=S) groups is 2. The zero-order valence-corrected chi connectivity index (χ0v) is 34.4. The summed E-state index contributed by atoms with van der Waals surface area (Å²) in [7, 11) is 3.13. The molecular weight excluding hydrogens is 787 g/mol. The third-order valence-corrected chi connectivity index (χ3v) is 9.05. The topological polar surface area (TPSA) is 164 Å². The van der Waals surface area contributed by atoms with E-state index in [2.05, 4.69) is 31.9 Å². The van der Waals surface area contributed by atoms with Gasteiger partial charge in [0.15, 0.2) is 10.2 Å². The molecular formula is C44H45N7O6S2. The van der Waals surface area contributed by atoms with E-state index in [0.717, 1.165) is 22.5 Å². The number of methoxy groups -OCH3 is 2. The molecule has 6 N–H and O–H groups in total. The van der Waals surface area contributed by atoms with E-state index >= 15 is 0 Å². The number of hydrogen-bond acceptors (Lipinski definition) is 9. The lowest BCUT2D eigenvalue weighted by atomic mass is 9.98. The zero-order chi connectivity index (χ0) is 42.0. The standard InChI is InChI=1S/C44H45N7O6S2/c1-4-57-42(54)20-15-29-21-38(36-18-16-34(55-2)23-30(36)25-45-40(52)27-47-43(58)49-32-11-7-5-8-12-32)51-39(22-29)37-19-17-35(56-3)24-31(37)26-46-41(53)28-48-44(59)50-33-13-9-6-10-14-33/h5-24H,4,25-28H2,1-3H3,(H,45,52)(H,46,53)(H2,47,49,58)(H2,48,50,59)/b20-15+. The molecule has 0 aliphatic carbocycles. The van der Waals surface area contributed by atoms with Crippen LogP contribution in [0.4, 0.5) is 11.4 Å². The number of amides is 2. The molecule has 2 amide bonds. The minimum Gasteiger partial charge on any atom is -0.497 e. The highest BCUT2D eigenvalue weighted by molar-refractivity contribution is 7.80. The number of rotatable bonds is 17. The zero-order valence-electron chi connectivity index (χ0n) is 32.8. The highest BCUT2D eigenvalue weighted by atomic mass is 32.1. The summed E-state index contributed by atoms with van der Waals surface area (Å²) < 4.78 is 16.2. The molecule has 59 heavy (non-hydrogen) atoms. The number of anilines is 2.